The van der Waals surface area contributed by atoms with Gasteiger partial charge < -0.3 is 14.4 Å². The Hall–Kier alpha value is -2.01. The highest BCUT2D eigenvalue weighted by molar-refractivity contribution is 6.31. The number of halogens is 1. The standard InChI is InChI=1S/C18H20ClNO4/c1-3-8-23-17(22)20-6-4-18(5-7-20)11-15(21)14-10-13(19)9-12(2)16(14)24-18/h3,9-10H,1,4-8,11H2,2H3. The average molecular weight is 350 g/mol. The number of Topliss-reactive ketones (excluding diaryl/α,β-unsaturated/α-hetero) is 1. The zero-order valence-electron chi connectivity index (χ0n) is 13.6. The monoisotopic (exact) mass is 349 g/mol. The molecule has 2 aliphatic rings. The third kappa shape index (κ3) is 3.13. The minimum absolute atomic E-state index is 0.0459. The number of rotatable bonds is 2. The van der Waals surface area contributed by atoms with Crippen LogP contribution < -0.4 is 4.74 Å². The summed E-state index contributed by atoms with van der Waals surface area (Å²) in [5.41, 5.74) is 0.869. The quantitative estimate of drug-likeness (QED) is 0.763. The van der Waals surface area contributed by atoms with Crippen molar-refractivity contribution in [1.29, 1.82) is 0 Å². The van der Waals surface area contributed by atoms with E-state index in [2.05, 4.69) is 6.58 Å². The second-order valence-corrected chi connectivity index (χ2v) is 6.77. The highest BCUT2D eigenvalue weighted by atomic mass is 35.5. The van der Waals surface area contributed by atoms with Gasteiger partial charge in [-0.25, -0.2) is 4.79 Å². The predicted molar refractivity (Wildman–Crippen MR) is 90.8 cm³/mol. The first kappa shape index (κ1) is 16.8. The van der Waals surface area contributed by atoms with E-state index in [0.29, 0.717) is 48.7 Å². The molecule has 0 N–H and O–H groups in total. The van der Waals surface area contributed by atoms with Crippen LogP contribution >= 0.6 is 11.6 Å². The molecule has 1 amide bonds. The molecule has 1 aromatic carbocycles. The number of piperidine rings is 1. The van der Waals surface area contributed by atoms with Gasteiger partial charge in [-0.2, -0.15) is 0 Å². The number of nitrogens with zero attached hydrogens (tertiary/aromatic N) is 1. The number of fused-ring (bicyclic) bond motifs is 1. The maximum Gasteiger partial charge on any atom is 0.410 e. The Labute approximate surface area is 146 Å². The maximum atomic E-state index is 12.6. The van der Waals surface area contributed by atoms with Crippen LogP contribution in [0.15, 0.2) is 24.8 Å². The van der Waals surface area contributed by atoms with Crippen LogP contribution in [0, 0.1) is 6.92 Å². The summed E-state index contributed by atoms with van der Waals surface area (Å²) in [7, 11) is 0. The van der Waals surface area contributed by atoms with Crippen LogP contribution in [0.25, 0.3) is 0 Å². The van der Waals surface area contributed by atoms with Gasteiger partial charge in [0.25, 0.3) is 0 Å². The van der Waals surface area contributed by atoms with E-state index in [0.717, 1.165) is 5.56 Å². The largest absolute Gasteiger partial charge is 0.486 e. The Bertz CT molecular complexity index is 693. The first-order valence-electron chi connectivity index (χ1n) is 7.99. The van der Waals surface area contributed by atoms with Crippen molar-refractivity contribution >= 4 is 23.5 Å². The van der Waals surface area contributed by atoms with E-state index in [1.165, 1.54) is 6.08 Å². The second kappa shape index (κ2) is 6.48. The van der Waals surface area contributed by atoms with Crippen LogP contribution in [0.3, 0.4) is 0 Å². The Kier molecular flexibility index (Phi) is 4.54. The fraction of sp³-hybridized carbons (Fsp3) is 0.444. The third-order valence-electron chi connectivity index (χ3n) is 4.60. The average Bonchev–Trinajstić information content (AvgIpc) is 2.55. The summed E-state index contributed by atoms with van der Waals surface area (Å²) in [6.45, 7) is 6.62. The summed E-state index contributed by atoms with van der Waals surface area (Å²) >= 11 is 6.05. The molecule has 6 heteroatoms. The van der Waals surface area contributed by atoms with Crippen molar-refractivity contribution in [3.05, 3.63) is 40.9 Å². The number of ether oxygens (including phenoxy) is 2. The lowest BCUT2D eigenvalue weighted by Crippen LogP contribution is -2.52. The number of benzene rings is 1. The molecule has 0 unspecified atom stereocenters. The van der Waals surface area contributed by atoms with Crippen LogP contribution in [-0.2, 0) is 4.74 Å². The van der Waals surface area contributed by atoms with Crippen LogP contribution in [0.2, 0.25) is 5.02 Å². The van der Waals surface area contributed by atoms with Gasteiger partial charge in [0.2, 0.25) is 0 Å². The lowest BCUT2D eigenvalue weighted by atomic mass is 9.82. The molecule has 2 heterocycles. The second-order valence-electron chi connectivity index (χ2n) is 6.34. The van der Waals surface area contributed by atoms with Crippen molar-refractivity contribution in [2.75, 3.05) is 19.7 Å². The minimum Gasteiger partial charge on any atom is -0.486 e. The molecule has 1 saturated heterocycles. The molecule has 3 rings (SSSR count). The van der Waals surface area contributed by atoms with Crippen molar-refractivity contribution in [2.24, 2.45) is 0 Å². The Morgan fingerprint density at radius 3 is 2.83 bits per heavy atom. The molecule has 1 spiro atoms. The van der Waals surface area contributed by atoms with E-state index >= 15 is 0 Å². The molecule has 0 saturated carbocycles. The van der Waals surface area contributed by atoms with Crippen LogP contribution in [0.5, 0.6) is 5.75 Å². The number of hydrogen-bond donors (Lipinski definition) is 0. The zero-order valence-corrected chi connectivity index (χ0v) is 14.4. The van der Waals surface area contributed by atoms with E-state index in [1.807, 2.05) is 6.92 Å². The Balaban J connectivity index is 1.74. The van der Waals surface area contributed by atoms with Crippen LogP contribution in [0.1, 0.15) is 35.2 Å². The van der Waals surface area contributed by atoms with Crippen LogP contribution in [-0.4, -0.2) is 42.1 Å². The molecule has 1 aromatic rings. The molecular formula is C18H20ClNO4. The first-order valence-corrected chi connectivity index (χ1v) is 8.37. The highest BCUT2D eigenvalue weighted by Crippen LogP contribution is 2.42. The van der Waals surface area contributed by atoms with Crippen LogP contribution in [0.4, 0.5) is 4.79 Å². The molecule has 0 bridgehead atoms. The molecule has 0 atom stereocenters. The molecule has 0 radical (unpaired) electrons. The fourth-order valence-electron chi connectivity index (χ4n) is 3.31. The fourth-order valence-corrected chi connectivity index (χ4v) is 3.58. The Morgan fingerprint density at radius 1 is 1.46 bits per heavy atom. The van der Waals surface area contributed by atoms with Crippen molar-refractivity contribution in [2.45, 2.75) is 31.8 Å². The lowest BCUT2D eigenvalue weighted by molar-refractivity contribution is -0.00857. The zero-order chi connectivity index (χ0) is 17.3. The normalized spacial score (nSPS) is 18.8. The van der Waals surface area contributed by atoms with Crippen molar-refractivity contribution < 1.29 is 19.1 Å². The Morgan fingerprint density at radius 2 is 2.17 bits per heavy atom. The molecule has 1 fully saturated rings. The molecule has 0 aromatic heterocycles. The van der Waals surface area contributed by atoms with E-state index in [-0.39, 0.29) is 18.5 Å². The maximum absolute atomic E-state index is 12.6. The van der Waals surface area contributed by atoms with E-state index in [4.69, 9.17) is 21.1 Å². The van der Waals surface area contributed by atoms with Crippen molar-refractivity contribution in [3.63, 3.8) is 0 Å². The van der Waals surface area contributed by atoms with Gasteiger partial charge in [-0.05, 0) is 24.6 Å². The van der Waals surface area contributed by atoms with E-state index in [9.17, 15) is 9.59 Å². The van der Waals surface area contributed by atoms with E-state index < -0.39 is 5.60 Å². The minimum atomic E-state index is -0.544. The SMILES string of the molecule is C=CCOC(=O)N1CCC2(CC1)CC(=O)c1cc(Cl)cc(C)c1O2. The van der Waals surface area contributed by atoms with Crippen molar-refractivity contribution in [3.8, 4) is 5.75 Å². The number of amides is 1. The summed E-state index contributed by atoms with van der Waals surface area (Å²) in [6.07, 6.45) is 2.70. The number of carbonyl (C=O) groups is 2. The summed E-state index contributed by atoms with van der Waals surface area (Å²) < 4.78 is 11.3. The predicted octanol–water partition coefficient (Wildman–Crippen LogP) is 3.77. The summed E-state index contributed by atoms with van der Waals surface area (Å²) in [5, 5.41) is 0.541. The third-order valence-corrected chi connectivity index (χ3v) is 4.82. The molecular weight excluding hydrogens is 330 g/mol. The van der Waals surface area contributed by atoms with E-state index in [1.54, 1.807) is 17.0 Å². The molecule has 2 aliphatic heterocycles. The van der Waals surface area contributed by atoms with Crippen molar-refractivity contribution in [1.82, 2.24) is 4.90 Å². The van der Waals surface area contributed by atoms with Gasteiger partial charge in [0.05, 0.1) is 12.0 Å². The van der Waals surface area contributed by atoms with Gasteiger partial charge in [0.1, 0.15) is 18.0 Å². The number of ketones is 1. The summed E-state index contributed by atoms with van der Waals surface area (Å²) in [6, 6.07) is 3.47. The van der Waals surface area contributed by atoms with Gasteiger partial charge in [-0.3, -0.25) is 4.79 Å². The molecule has 0 aliphatic carbocycles. The number of likely N-dealkylation sites (tertiary alicyclic amines) is 1. The van der Waals surface area contributed by atoms with Gasteiger partial charge in [-0.1, -0.05) is 24.3 Å². The molecule has 5 nitrogen and oxygen atoms in total. The van der Waals surface area contributed by atoms with Gasteiger partial charge in [0.15, 0.2) is 5.78 Å². The number of carbonyl (C=O) groups excluding carboxylic acids is 2. The first-order chi connectivity index (χ1) is 11.4. The molecule has 24 heavy (non-hydrogen) atoms. The smallest absolute Gasteiger partial charge is 0.410 e. The topological polar surface area (TPSA) is 55.8 Å². The number of aryl methyl sites for hydroxylation is 1. The highest BCUT2D eigenvalue weighted by Gasteiger charge is 2.44. The van der Waals surface area contributed by atoms with Gasteiger partial charge in [-0.15, -0.1) is 0 Å². The summed E-state index contributed by atoms with van der Waals surface area (Å²) in [5.74, 6) is 0.669. The number of hydrogen-bond acceptors (Lipinski definition) is 4. The van der Waals surface area contributed by atoms with Gasteiger partial charge in [0, 0.05) is 31.0 Å². The molecule has 128 valence electrons. The lowest BCUT2D eigenvalue weighted by Gasteiger charge is -2.44. The summed E-state index contributed by atoms with van der Waals surface area (Å²) in [4.78, 5) is 26.1. The van der Waals surface area contributed by atoms with Gasteiger partial charge >= 0.3 is 6.09 Å².